The van der Waals surface area contributed by atoms with Crippen LogP contribution in [0.5, 0.6) is 0 Å². The molecule has 0 aromatic carbocycles. The average Bonchev–Trinajstić information content (AvgIpc) is 2.16. The van der Waals surface area contributed by atoms with E-state index in [1.807, 2.05) is 11.9 Å². The Morgan fingerprint density at radius 3 is 2.93 bits per heavy atom. The van der Waals surface area contributed by atoms with Crippen molar-refractivity contribution < 1.29 is 9.90 Å². The van der Waals surface area contributed by atoms with Gasteiger partial charge in [-0.05, 0) is 19.4 Å². The molecule has 0 spiro atoms. The third kappa shape index (κ3) is 3.86. The molecule has 0 aromatic rings. The molecular weight excluding hydrogens is 194 g/mol. The molecular formula is C10H17N3O2. The number of hydrogen-bond donors (Lipinski definition) is 2. The molecule has 2 N–H and O–H groups in total. The van der Waals surface area contributed by atoms with Gasteiger partial charge in [0.2, 0.25) is 0 Å². The molecule has 5 heteroatoms. The summed E-state index contributed by atoms with van der Waals surface area (Å²) >= 11 is 0. The summed E-state index contributed by atoms with van der Waals surface area (Å²) in [6.45, 7) is 1.94. The number of rotatable bonds is 4. The van der Waals surface area contributed by atoms with Crippen molar-refractivity contribution in [1.82, 2.24) is 10.2 Å². The number of carbonyl (C=O) groups is 1. The Hall–Kier alpha value is -1.12. The molecule has 0 amide bonds. The van der Waals surface area contributed by atoms with Crippen LogP contribution < -0.4 is 5.32 Å². The number of likely N-dealkylation sites (N-methyl/N-ethyl adjacent to an activating group) is 1. The standard InChI is InChI=1S/C10H17N3O2/c1-12-9-4-8(5-10(14)15)6-13(7-9)3-2-11/h8-9,12H,3-7H2,1H3,(H,14,15). The van der Waals surface area contributed by atoms with E-state index in [9.17, 15) is 4.79 Å². The summed E-state index contributed by atoms with van der Waals surface area (Å²) in [4.78, 5) is 12.6. The van der Waals surface area contributed by atoms with E-state index in [0.29, 0.717) is 12.6 Å². The van der Waals surface area contributed by atoms with Gasteiger partial charge in [0.1, 0.15) is 0 Å². The number of nitrogens with one attached hydrogen (secondary N) is 1. The van der Waals surface area contributed by atoms with E-state index in [0.717, 1.165) is 19.5 Å². The monoisotopic (exact) mass is 211 g/mol. The molecule has 0 saturated carbocycles. The lowest BCUT2D eigenvalue weighted by Gasteiger charge is -2.35. The SMILES string of the molecule is CNC1CC(CC(=O)O)CN(CC#N)C1. The Bertz CT molecular complexity index is 262. The first-order valence-electron chi connectivity index (χ1n) is 5.14. The van der Waals surface area contributed by atoms with E-state index in [-0.39, 0.29) is 12.3 Å². The van der Waals surface area contributed by atoms with Gasteiger partial charge < -0.3 is 10.4 Å². The van der Waals surface area contributed by atoms with Crippen LogP contribution in [0.4, 0.5) is 0 Å². The van der Waals surface area contributed by atoms with Crippen molar-refractivity contribution in [3.63, 3.8) is 0 Å². The van der Waals surface area contributed by atoms with Crippen molar-refractivity contribution >= 4 is 5.97 Å². The molecule has 0 aromatic heterocycles. The Morgan fingerprint density at radius 2 is 2.40 bits per heavy atom. The summed E-state index contributed by atoms with van der Waals surface area (Å²) < 4.78 is 0. The van der Waals surface area contributed by atoms with Crippen molar-refractivity contribution in [3.05, 3.63) is 0 Å². The van der Waals surface area contributed by atoms with Crippen molar-refractivity contribution in [1.29, 1.82) is 5.26 Å². The van der Waals surface area contributed by atoms with Crippen LogP contribution in [-0.2, 0) is 4.79 Å². The van der Waals surface area contributed by atoms with Crippen LogP contribution in [0.3, 0.4) is 0 Å². The minimum absolute atomic E-state index is 0.155. The maximum absolute atomic E-state index is 10.6. The molecule has 84 valence electrons. The molecule has 2 unspecified atom stereocenters. The van der Waals surface area contributed by atoms with E-state index < -0.39 is 5.97 Å². The normalized spacial score (nSPS) is 27.2. The fourth-order valence-electron chi connectivity index (χ4n) is 2.14. The molecule has 1 fully saturated rings. The lowest BCUT2D eigenvalue weighted by atomic mass is 9.91. The Labute approximate surface area is 89.7 Å². The maximum atomic E-state index is 10.6. The average molecular weight is 211 g/mol. The van der Waals surface area contributed by atoms with Gasteiger partial charge in [0.05, 0.1) is 12.6 Å². The maximum Gasteiger partial charge on any atom is 0.303 e. The first-order valence-corrected chi connectivity index (χ1v) is 5.14. The Balaban J connectivity index is 2.51. The molecule has 5 nitrogen and oxygen atoms in total. The van der Waals surface area contributed by atoms with Crippen LogP contribution in [0.15, 0.2) is 0 Å². The lowest BCUT2D eigenvalue weighted by molar-refractivity contribution is -0.138. The van der Waals surface area contributed by atoms with Crippen molar-refractivity contribution in [2.24, 2.45) is 5.92 Å². The predicted molar refractivity (Wildman–Crippen MR) is 55.3 cm³/mol. The van der Waals surface area contributed by atoms with Gasteiger partial charge in [-0.25, -0.2) is 0 Å². The van der Waals surface area contributed by atoms with E-state index in [4.69, 9.17) is 10.4 Å². The fourth-order valence-corrected chi connectivity index (χ4v) is 2.14. The Kier molecular flexibility index (Phi) is 4.53. The number of piperidine rings is 1. The molecule has 0 aliphatic carbocycles. The highest BCUT2D eigenvalue weighted by Gasteiger charge is 2.27. The minimum Gasteiger partial charge on any atom is -0.481 e. The molecule has 1 saturated heterocycles. The van der Waals surface area contributed by atoms with Gasteiger partial charge in [0.25, 0.3) is 0 Å². The number of nitriles is 1. The summed E-state index contributed by atoms with van der Waals surface area (Å²) in [6.07, 6.45) is 1.07. The van der Waals surface area contributed by atoms with Gasteiger partial charge in [0.15, 0.2) is 0 Å². The summed E-state index contributed by atoms with van der Waals surface area (Å²) in [5, 5.41) is 20.5. The molecule has 1 rings (SSSR count). The molecule has 1 aliphatic rings. The van der Waals surface area contributed by atoms with Gasteiger partial charge in [-0.2, -0.15) is 5.26 Å². The van der Waals surface area contributed by atoms with Crippen molar-refractivity contribution in [3.8, 4) is 6.07 Å². The number of hydrogen-bond acceptors (Lipinski definition) is 4. The molecule has 0 radical (unpaired) electrons. The van der Waals surface area contributed by atoms with Crippen LogP contribution in [0.25, 0.3) is 0 Å². The fraction of sp³-hybridized carbons (Fsp3) is 0.800. The quantitative estimate of drug-likeness (QED) is 0.635. The van der Waals surface area contributed by atoms with Crippen LogP contribution in [0, 0.1) is 17.2 Å². The smallest absolute Gasteiger partial charge is 0.303 e. The number of carboxylic acids is 1. The topological polar surface area (TPSA) is 76.4 Å². The summed E-state index contributed by atoms with van der Waals surface area (Å²) in [6, 6.07) is 2.41. The van der Waals surface area contributed by atoms with Crippen LogP contribution in [0.2, 0.25) is 0 Å². The highest BCUT2D eigenvalue weighted by Crippen LogP contribution is 2.19. The summed E-state index contributed by atoms with van der Waals surface area (Å²) in [7, 11) is 1.87. The van der Waals surface area contributed by atoms with Gasteiger partial charge in [0, 0.05) is 25.6 Å². The zero-order valence-corrected chi connectivity index (χ0v) is 8.94. The lowest BCUT2D eigenvalue weighted by Crippen LogP contribution is -2.48. The van der Waals surface area contributed by atoms with Crippen molar-refractivity contribution in [2.45, 2.75) is 18.9 Å². The molecule has 1 heterocycles. The summed E-state index contributed by atoms with van der Waals surface area (Å²) in [5.41, 5.74) is 0. The number of likely N-dealkylation sites (tertiary alicyclic amines) is 1. The predicted octanol–water partition coefficient (Wildman–Crippen LogP) is -0.105. The van der Waals surface area contributed by atoms with Crippen LogP contribution >= 0.6 is 0 Å². The zero-order valence-electron chi connectivity index (χ0n) is 8.94. The Morgan fingerprint density at radius 1 is 1.67 bits per heavy atom. The highest BCUT2D eigenvalue weighted by atomic mass is 16.4. The van der Waals surface area contributed by atoms with Crippen LogP contribution in [0.1, 0.15) is 12.8 Å². The van der Waals surface area contributed by atoms with Crippen LogP contribution in [-0.4, -0.2) is 48.7 Å². The second-order valence-corrected chi connectivity index (χ2v) is 4.04. The van der Waals surface area contributed by atoms with Crippen molar-refractivity contribution in [2.75, 3.05) is 26.7 Å². The third-order valence-corrected chi connectivity index (χ3v) is 2.78. The largest absolute Gasteiger partial charge is 0.481 e. The van der Waals surface area contributed by atoms with Gasteiger partial charge in [-0.1, -0.05) is 0 Å². The molecule has 1 aliphatic heterocycles. The van der Waals surface area contributed by atoms with E-state index in [2.05, 4.69) is 11.4 Å². The highest BCUT2D eigenvalue weighted by molar-refractivity contribution is 5.67. The van der Waals surface area contributed by atoms with Gasteiger partial charge >= 0.3 is 5.97 Å². The van der Waals surface area contributed by atoms with E-state index >= 15 is 0 Å². The van der Waals surface area contributed by atoms with E-state index in [1.54, 1.807) is 0 Å². The molecule has 2 atom stereocenters. The minimum atomic E-state index is -0.756. The van der Waals surface area contributed by atoms with Gasteiger partial charge in [-0.15, -0.1) is 0 Å². The molecule has 0 bridgehead atoms. The summed E-state index contributed by atoms with van der Waals surface area (Å²) in [5.74, 6) is -0.601. The third-order valence-electron chi connectivity index (χ3n) is 2.78. The number of aliphatic carboxylic acids is 1. The first-order chi connectivity index (χ1) is 7.15. The molecule has 15 heavy (non-hydrogen) atoms. The second-order valence-electron chi connectivity index (χ2n) is 4.04. The number of carboxylic acid groups (broad SMARTS) is 1. The first kappa shape index (κ1) is 12.0. The second kappa shape index (κ2) is 5.69. The van der Waals surface area contributed by atoms with Gasteiger partial charge in [-0.3, -0.25) is 9.69 Å². The number of nitrogens with zero attached hydrogens (tertiary/aromatic N) is 2. The van der Waals surface area contributed by atoms with E-state index in [1.165, 1.54) is 0 Å². The zero-order chi connectivity index (χ0) is 11.3.